The van der Waals surface area contributed by atoms with E-state index in [0.29, 0.717) is 35.8 Å². The number of ketones is 1. The molecule has 0 saturated carbocycles. The maximum Gasteiger partial charge on any atom is 0.186 e. The van der Waals surface area contributed by atoms with Crippen molar-refractivity contribution in [2.45, 2.75) is 52.1 Å². The maximum atomic E-state index is 13.8. The van der Waals surface area contributed by atoms with Crippen molar-refractivity contribution in [2.24, 2.45) is 5.92 Å². The zero-order valence-electron chi connectivity index (χ0n) is 17.8. The van der Waals surface area contributed by atoms with E-state index in [-0.39, 0.29) is 30.5 Å². The Kier molecular flexibility index (Phi) is 7.59. The van der Waals surface area contributed by atoms with Gasteiger partial charge in [0.15, 0.2) is 17.2 Å². The second kappa shape index (κ2) is 10.2. The van der Waals surface area contributed by atoms with E-state index >= 15 is 0 Å². The summed E-state index contributed by atoms with van der Waals surface area (Å²) in [5, 5.41) is 4.01. The average molecular weight is 430 g/mol. The third-order valence-corrected chi connectivity index (χ3v) is 5.72. The molecule has 1 aliphatic heterocycles. The lowest BCUT2D eigenvalue weighted by atomic mass is 9.99. The monoisotopic (exact) mass is 429 g/mol. The standard InChI is InChI=1S/C23H28FNO4Si/c1-30(2,3)13-11-19-22(16-28-15-18-6-4-5-7-20(18)24)29-25-23(19)21(26)9-8-17-10-12-27-14-17/h4-7,17H,8-10,12,14-16H2,1-3H3. The summed E-state index contributed by atoms with van der Waals surface area (Å²) in [6, 6.07) is 6.45. The number of halogens is 1. The van der Waals surface area contributed by atoms with Crippen molar-refractivity contribution >= 4 is 13.9 Å². The number of ether oxygens (including phenoxy) is 2. The summed E-state index contributed by atoms with van der Waals surface area (Å²) < 4.78 is 30.2. The summed E-state index contributed by atoms with van der Waals surface area (Å²) in [7, 11) is -1.67. The van der Waals surface area contributed by atoms with Crippen LogP contribution in [0, 0.1) is 23.2 Å². The fraction of sp³-hybridized carbons (Fsp3) is 0.478. The van der Waals surface area contributed by atoms with Crippen molar-refractivity contribution in [1.29, 1.82) is 0 Å². The van der Waals surface area contributed by atoms with E-state index in [1.54, 1.807) is 18.2 Å². The van der Waals surface area contributed by atoms with Gasteiger partial charge in [0.25, 0.3) is 0 Å². The Morgan fingerprint density at radius 1 is 1.30 bits per heavy atom. The largest absolute Gasteiger partial charge is 0.381 e. The first-order valence-corrected chi connectivity index (χ1v) is 13.8. The topological polar surface area (TPSA) is 61.6 Å². The third kappa shape index (κ3) is 6.36. The summed E-state index contributed by atoms with van der Waals surface area (Å²) in [4.78, 5) is 12.8. The van der Waals surface area contributed by atoms with Crippen molar-refractivity contribution in [2.75, 3.05) is 13.2 Å². The molecule has 1 atom stereocenters. The molecule has 0 bridgehead atoms. The summed E-state index contributed by atoms with van der Waals surface area (Å²) in [5.74, 6) is 3.55. The lowest BCUT2D eigenvalue weighted by molar-refractivity contribution is 0.0858. The highest BCUT2D eigenvalue weighted by Gasteiger charge is 2.24. The molecule has 1 fully saturated rings. The normalized spacial score (nSPS) is 16.3. The van der Waals surface area contributed by atoms with Gasteiger partial charge in [-0.2, -0.15) is 0 Å². The van der Waals surface area contributed by atoms with Crippen LogP contribution in [0.2, 0.25) is 19.6 Å². The molecule has 0 radical (unpaired) electrons. The smallest absolute Gasteiger partial charge is 0.186 e. The van der Waals surface area contributed by atoms with Crippen LogP contribution in [-0.4, -0.2) is 32.2 Å². The van der Waals surface area contributed by atoms with E-state index in [9.17, 15) is 9.18 Å². The van der Waals surface area contributed by atoms with Crippen molar-refractivity contribution in [3.63, 3.8) is 0 Å². The van der Waals surface area contributed by atoms with Crippen LogP contribution in [0.4, 0.5) is 4.39 Å². The minimum atomic E-state index is -1.67. The van der Waals surface area contributed by atoms with Crippen molar-refractivity contribution < 1.29 is 23.2 Å². The second-order valence-corrected chi connectivity index (χ2v) is 13.4. The zero-order chi connectivity index (χ0) is 21.6. The maximum absolute atomic E-state index is 13.8. The molecule has 1 unspecified atom stereocenters. The van der Waals surface area contributed by atoms with E-state index < -0.39 is 8.07 Å². The van der Waals surface area contributed by atoms with Gasteiger partial charge >= 0.3 is 0 Å². The van der Waals surface area contributed by atoms with Crippen molar-refractivity contribution in [3.8, 4) is 11.5 Å². The lowest BCUT2D eigenvalue weighted by Crippen LogP contribution is -2.16. The first kappa shape index (κ1) is 22.4. The van der Waals surface area contributed by atoms with Gasteiger partial charge in [-0.05, 0) is 24.8 Å². The molecular formula is C23H28FNO4Si. The molecule has 1 aliphatic rings. The summed E-state index contributed by atoms with van der Waals surface area (Å²) in [6.45, 7) is 8.03. The van der Waals surface area contributed by atoms with Crippen LogP contribution in [0.15, 0.2) is 28.8 Å². The van der Waals surface area contributed by atoms with Gasteiger partial charge in [-0.15, -0.1) is 5.54 Å². The van der Waals surface area contributed by atoms with Crippen LogP contribution in [-0.2, 0) is 22.7 Å². The predicted molar refractivity (Wildman–Crippen MR) is 114 cm³/mol. The molecule has 1 aromatic heterocycles. The van der Waals surface area contributed by atoms with E-state index in [2.05, 4.69) is 36.3 Å². The van der Waals surface area contributed by atoms with Gasteiger partial charge in [-0.3, -0.25) is 4.79 Å². The van der Waals surface area contributed by atoms with Crippen molar-refractivity contribution in [1.82, 2.24) is 5.16 Å². The van der Waals surface area contributed by atoms with Gasteiger partial charge in [0, 0.05) is 25.2 Å². The molecule has 2 aromatic rings. The van der Waals surface area contributed by atoms with Crippen LogP contribution < -0.4 is 0 Å². The Balaban J connectivity index is 1.72. The van der Waals surface area contributed by atoms with E-state index in [1.165, 1.54) is 6.07 Å². The Morgan fingerprint density at radius 2 is 2.10 bits per heavy atom. The van der Waals surface area contributed by atoms with Crippen molar-refractivity contribution in [3.05, 3.63) is 52.7 Å². The molecule has 0 amide bonds. The highest BCUT2D eigenvalue weighted by atomic mass is 28.3. The minimum Gasteiger partial charge on any atom is -0.381 e. The number of hydrogen-bond donors (Lipinski definition) is 0. The van der Waals surface area contributed by atoms with Crippen LogP contribution in [0.5, 0.6) is 0 Å². The number of carbonyl (C=O) groups is 1. The van der Waals surface area contributed by atoms with Crippen LogP contribution in [0.25, 0.3) is 0 Å². The van der Waals surface area contributed by atoms with E-state index in [0.717, 1.165) is 19.4 Å². The quantitative estimate of drug-likeness (QED) is 0.344. The molecule has 0 N–H and O–H groups in total. The lowest BCUT2D eigenvalue weighted by Gasteiger charge is -2.06. The van der Waals surface area contributed by atoms with Gasteiger partial charge in [-0.25, -0.2) is 4.39 Å². The molecule has 3 rings (SSSR count). The number of rotatable bonds is 8. The van der Waals surface area contributed by atoms with Gasteiger partial charge in [0.2, 0.25) is 0 Å². The molecule has 0 aliphatic carbocycles. The highest BCUT2D eigenvalue weighted by Crippen LogP contribution is 2.22. The number of nitrogens with zero attached hydrogens (tertiary/aromatic N) is 1. The van der Waals surface area contributed by atoms with Crippen LogP contribution >= 0.6 is 0 Å². The number of hydrogen-bond acceptors (Lipinski definition) is 5. The molecule has 1 saturated heterocycles. The van der Waals surface area contributed by atoms with Gasteiger partial charge < -0.3 is 14.0 Å². The first-order valence-electron chi connectivity index (χ1n) is 10.3. The SMILES string of the molecule is C[Si](C)(C)C#Cc1c(C(=O)CCC2CCOC2)noc1COCc1ccccc1F. The number of carbonyl (C=O) groups excluding carboxylic acids is 1. The second-order valence-electron chi connectivity index (χ2n) is 8.61. The molecule has 7 heteroatoms. The zero-order valence-corrected chi connectivity index (χ0v) is 18.8. The summed E-state index contributed by atoms with van der Waals surface area (Å²) in [5.41, 5.74) is 4.50. The van der Waals surface area contributed by atoms with Crippen LogP contribution in [0.3, 0.4) is 0 Å². The first-order chi connectivity index (χ1) is 14.3. The molecule has 5 nitrogen and oxygen atoms in total. The van der Waals surface area contributed by atoms with Gasteiger partial charge in [0.1, 0.15) is 26.1 Å². The van der Waals surface area contributed by atoms with E-state index in [1.807, 2.05) is 0 Å². The Labute approximate surface area is 177 Å². The predicted octanol–water partition coefficient (Wildman–Crippen LogP) is 4.76. The molecular weight excluding hydrogens is 401 g/mol. The molecule has 160 valence electrons. The van der Waals surface area contributed by atoms with E-state index in [4.69, 9.17) is 14.0 Å². The Morgan fingerprint density at radius 3 is 2.80 bits per heavy atom. The Hall–Kier alpha value is -2.27. The number of Topliss-reactive ketones (excluding diaryl/α,β-unsaturated/α-hetero) is 1. The summed E-state index contributed by atoms with van der Waals surface area (Å²) in [6.07, 6.45) is 2.15. The molecule has 2 heterocycles. The number of benzene rings is 1. The minimum absolute atomic E-state index is 0.0702. The number of aromatic nitrogens is 1. The molecule has 1 aromatic carbocycles. The van der Waals surface area contributed by atoms with Gasteiger partial charge in [0.05, 0.1) is 6.61 Å². The third-order valence-electron chi connectivity index (χ3n) is 4.84. The van der Waals surface area contributed by atoms with Gasteiger partial charge in [-0.1, -0.05) is 48.9 Å². The Bertz CT molecular complexity index is 933. The fourth-order valence-electron chi connectivity index (χ4n) is 3.13. The molecule has 0 spiro atoms. The van der Waals surface area contributed by atoms with Crippen LogP contribution in [0.1, 0.15) is 46.6 Å². The highest BCUT2D eigenvalue weighted by molar-refractivity contribution is 6.83. The average Bonchev–Trinajstić information content (AvgIpc) is 3.35. The summed E-state index contributed by atoms with van der Waals surface area (Å²) >= 11 is 0. The fourth-order valence-corrected chi connectivity index (χ4v) is 3.63. The molecule has 30 heavy (non-hydrogen) atoms.